The third kappa shape index (κ3) is 1.17. The number of aromatic nitrogens is 1. The van der Waals surface area contributed by atoms with E-state index in [0.29, 0.717) is 5.56 Å². The molecule has 2 nitrogen and oxygen atoms in total. The van der Waals surface area contributed by atoms with Crippen LogP contribution in [0.5, 0.6) is 0 Å². The highest BCUT2D eigenvalue weighted by Gasteiger charge is 2.00. The Hall–Kier alpha value is -0.880. The van der Waals surface area contributed by atoms with Crippen molar-refractivity contribution in [3.63, 3.8) is 0 Å². The fraction of sp³-hybridized carbons (Fsp3) is 0.143. The molecule has 0 amide bonds. The van der Waals surface area contributed by atoms with E-state index in [1.54, 1.807) is 12.4 Å². The van der Waals surface area contributed by atoms with Crippen molar-refractivity contribution < 1.29 is 0 Å². The number of aryl methyl sites for hydroxylation is 1. The van der Waals surface area contributed by atoms with Gasteiger partial charge in [-0.15, -0.1) is 0 Å². The molecule has 0 aromatic carbocycles. The van der Waals surface area contributed by atoms with Crippen LogP contribution in [0, 0.1) is 18.3 Å². The normalized spacial score (nSPS) is 8.90. The Bertz CT molecular complexity index is 268. The van der Waals surface area contributed by atoms with Crippen LogP contribution in [0.15, 0.2) is 16.9 Å². The van der Waals surface area contributed by atoms with Crippen molar-refractivity contribution >= 4 is 15.9 Å². The average Bonchev–Trinajstić information content (AvgIpc) is 1.88. The molecule has 50 valence electrons. The van der Waals surface area contributed by atoms with Crippen molar-refractivity contribution in [2.24, 2.45) is 0 Å². The smallest absolute Gasteiger partial charge is 0.101 e. The minimum absolute atomic E-state index is 0.662. The Labute approximate surface area is 67.6 Å². The van der Waals surface area contributed by atoms with Crippen LogP contribution in [0.1, 0.15) is 11.1 Å². The van der Waals surface area contributed by atoms with E-state index in [1.807, 2.05) is 6.92 Å². The molecule has 1 heterocycles. The fourth-order valence-corrected chi connectivity index (χ4v) is 1.19. The number of hydrogen-bond donors (Lipinski definition) is 0. The number of nitrogens with zero attached hydrogens (tertiary/aromatic N) is 2. The number of halogens is 1. The molecule has 0 N–H and O–H groups in total. The molecular weight excluding hydrogens is 192 g/mol. The molecule has 0 atom stereocenters. The Morgan fingerprint density at radius 1 is 1.60 bits per heavy atom. The van der Waals surface area contributed by atoms with Crippen molar-refractivity contribution in [1.82, 2.24) is 4.98 Å². The largest absolute Gasteiger partial charge is 0.263 e. The first kappa shape index (κ1) is 7.23. The van der Waals surface area contributed by atoms with Gasteiger partial charge in [0.1, 0.15) is 6.07 Å². The molecule has 0 bridgehead atoms. The minimum Gasteiger partial charge on any atom is -0.263 e. The van der Waals surface area contributed by atoms with Crippen LogP contribution in [-0.2, 0) is 0 Å². The molecule has 1 aromatic rings. The molecule has 0 fully saturated rings. The summed E-state index contributed by atoms with van der Waals surface area (Å²) in [4.78, 5) is 3.89. The van der Waals surface area contributed by atoms with E-state index in [1.165, 1.54) is 0 Å². The van der Waals surface area contributed by atoms with Crippen molar-refractivity contribution in [3.05, 3.63) is 28.0 Å². The topological polar surface area (TPSA) is 36.7 Å². The van der Waals surface area contributed by atoms with Gasteiger partial charge in [0.2, 0.25) is 0 Å². The Morgan fingerprint density at radius 2 is 2.30 bits per heavy atom. The quantitative estimate of drug-likeness (QED) is 0.637. The summed E-state index contributed by atoms with van der Waals surface area (Å²) in [5, 5.41) is 8.59. The van der Waals surface area contributed by atoms with Gasteiger partial charge in [-0.2, -0.15) is 5.26 Å². The molecule has 0 unspecified atom stereocenters. The molecule has 0 radical (unpaired) electrons. The lowest BCUT2D eigenvalue weighted by molar-refractivity contribution is 1.23. The van der Waals surface area contributed by atoms with E-state index in [2.05, 4.69) is 27.0 Å². The molecular formula is C7H5BrN2. The van der Waals surface area contributed by atoms with Gasteiger partial charge in [-0.25, -0.2) is 0 Å². The van der Waals surface area contributed by atoms with Gasteiger partial charge in [0.25, 0.3) is 0 Å². The molecule has 10 heavy (non-hydrogen) atoms. The molecule has 1 aromatic heterocycles. The minimum atomic E-state index is 0.662. The lowest BCUT2D eigenvalue weighted by atomic mass is 10.2. The number of pyridine rings is 1. The lowest BCUT2D eigenvalue weighted by Gasteiger charge is -1.95. The molecule has 0 aliphatic heterocycles. The van der Waals surface area contributed by atoms with E-state index in [0.717, 1.165) is 10.0 Å². The van der Waals surface area contributed by atoms with Crippen LogP contribution in [-0.4, -0.2) is 4.98 Å². The van der Waals surface area contributed by atoms with Gasteiger partial charge in [-0.3, -0.25) is 4.98 Å². The average molecular weight is 197 g/mol. The van der Waals surface area contributed by atoms with E-state index < -0.39 is 0 Å². The zero-order valence-corrected chi connectivity index (χ0v) is 7.01. The van der Waals surface area contributed by atoms with Gasteiger partial charge in [-0.05, 0) is 28.4 Å². The highest BCUT2D eigenvalue weighted by atomic mass is 79.9. The Morgan fingerprint density at radius 3 is 2.70 bits per heavy atom. The first-order valence-corrected chi connectivity index (χ1v) is 3.55. The maximum Gasteiger partial charge on any atom is 0.101 e. The van der Waals surface area contributed by atoms with Crippen molar-refractivity contribution in [2.45, 2.75) is 6.92 Å². The summed E-state index contributed by atoms with van der Waals surface area (Å²) in [5.74, 6) is 0. The molecule has 0 aliphatic rings. The highest BCUT2D eigenvalue weighted by molar-refractivity contribution is 9.10. The van der Waals surface area contributed by atoms with Crippen molar-refractivity contribution in [1.29, 1.82) is 5.26 Å². The SMILES string of the molecule is Cc1cncc(Br)c1C#N. The summed E-state index contributed by atoms with van der Waals surface area (Å²) in [6.45, 7) is 1.86. The van der Waals surface area contributed by atoms with E-state index in [9.17, 15) is 0 Å². The van der Waals surface area contributed by atoms with Gasteiger partial charge >= 0.3 is 0 Å². The number of rotatable bonds is 0. The van der Waals surface area contributed by atoms with Crippen LogP contribution >= 0.6 is 15.9 Å². The monoisotopic (exact) mass is 196 g/mol. The lowest BCUT2D eigenvalue weighted by Crippen LogP contribution is -1.84. The van der Waals surface area contributed by atoms with Crippen molar-refractivity contribution in [3.8, 4) is 6.07 Å². The predicted molar refractivity (Wildman–Crippen MR) is 41.4 cm³/mol. The highest BCUT2D eigenvalue weighted by Crippen LogP contribution is 2.16. The van der Waals surface area contributed by atoms with Crippen LogP contribution in [0.25, 0.3) is 0 Å². The summed E-state index contributed by atoms with van der Waals surface area (Å²) in [5.41, 5.74) is 1.56. The van der Waals surface area contributed by atoms with E-state index in [4.69, 9.17) is 5.26 Å². The second-order valence-corrected chi connectivity index (χ2v) is 2.78. The summed E-state index contributed by atoms with van der Waals surface area (Å²) >= 11 is 3.22. The Balaban J connectivity index is 3.34. The zero-order valence-electron chi connectivity index (χ0n) is 5.43. The predicted octanol–water partition coefficient (Wildman–Crippen LogP) is 2.02. The second kappa shape index (κ2) is 2.80. The molecule has 0 saturated carbocycles. The first-order valence-electron chi connectivity index (χ1n) is 2.76. The van der Waals surface area contributed by atoms with Gasteiger partial charge in [-0.1, -0.05) is 0 Å². The summed E-state index contributed by atoms with van der Waals surface area (Å²) < 4.78 is 0.759. The van der Waals surface area contributed by atoms with Crippen LogP contribution in [0.3, 0.4) is 0 Å². The zero-order chi connectivity index (χ0) is 7.56. The number of nitriles is 1. The van der Waals surface area contributed by atoms with Gasteiger partial charge in [0, 0.05) is 12.4 Å². The third-order valence-electron chi connectivity index (χ3n) is 1.20. The van der Waals surface area contributed by atoms with E-state index in [-0.39, 0.29) is 0 Å². The summed E-state index contributed by atoms with van der Waals surface area (Å²) in [7, 11) is 0. The summed E-state index contributed by atoms with van der Waals surface area (Å²) in [6.07, 6.45) is 3.29. The molecule has 0 spiro atoms. The fourth-order valence-electron chi connectivity index (χ4n) is 0.674. The van der Waals surface area contributed by atoms with Crippen LogP contribution in [0.2, 0.25) is 0 Å². The second-order valence-electron chi connectivity index (χ2n) is 1.93. The van der Waals surface area contributed by atoms with Crippen LogP contribution < -0.4 is 0 Å². The maximum absolute atomic E-state index is 8.59. The van der Waals surface area contributed by atoms with Gasteiger partial charge < -0.3 is 0 Å². The molecule has 3 heteroatoms. The van der Waals surface area contributed by atoms with Crippen molar-refractivity contribution in [2.75, 3.05) is 0 Å². The molecule has 0 aliphatic carbocycles. The Kier molecular flexibility index (Phi) is 2.03. The van der Waals surface area contributed by atoms with E-state index >= 15 is 0 Å². The van der Waals surface area contributed by atoms with Gasteiger partial charge in [0.05, 0.1) is 10.0 Å². The number of hydrogen-bond acceptors (Lipinski definition) is 2. The molecule has 0 saturated heterocycles. The first-order chi connectivity index (χ1) is 4.75. The molecule has 1 rings (SSSR count). The standard InChI is InChI=1S/C7H5BrN2/c1-5-3-10-4-7(8)6(5)2-9/h3-4H,1H3. The third-order valence-corrected chi connectivity index (χ3v) is 1.80. The van der Waals surface area contributed by atoms with Crippen LogP contribution in [0.4, 0.5) is 0 Å². The summed E-state index contributed by atoms with van der Waals surface area (Å²) in [6, 6.07) is 2.08. The van der Waals surface area contributed by atoms with Gasteiger partial charge in [0.15, 0.2) is 0 Å². The maximum atomic E-state index is 8.59.